The predicted molar refractivity (Wildman–Crippen MR) is 243 cm³/mol. The molecule has 0 spiro atoms. The van der Waals surface area contributed by atoms with Crippen LogP contribution in [0.4, 0.5) is 0 Å². The molecule has 0 aliphatic rings. The minimum atomic E-state index is -3.92. The number of aromatic nitrogens is 3. The van der Waals surface area contributed by atoms with E-state index >= 15 is 0 Å². The van der Waals surface area contributed by atoms with Gasteiger partial charge < -0.3 is 5.11 Å². The Kier molecular flexibility index (Phi) is 6.95. The molecule has 2 aromatic heterocycles. The smallest absolute Gasteiger partial charge is 0.148 e. The number of rotatable bonds is 6. The number of phenolic OH excluding ortho intramolecular Hbond substituents is 1. The number of phenols is 1. The van der Waals surface area contributed by atoms with E-state index in [-0.39, 0.29) is 43.5 Å². The number of pyridine rings is 1. The van der Waals surface area contributed by atoms with Gasteiger partial charge >= 0.3 is 0 Å². The largest absolute Gasteiger partial charge is 0.507 e. The fourth-order valence-electron chi connectivity index (χ4n) is 7.05. The zero-order valence-electron chi connectivity index (χ0n) is 49.4. The third kappa shape index (κ3) is 8.34. The molecule has 0 aliphatic carbocycles. The van der Waals surface area contributed by atoms with Gasteiger partial charge in [0.15, 0.2) is 0 Å². The van der Waals surface area contributed by atoms with Crippen LogP contribution in [0.2, 0.25) is 0 Å². The molecule has 0 bridgehead atoms. The van der Waals surface area contributed by atoms with Crippen molar-refractivity contribution in [2.45, 2.75) is 78.3 Å². The first-order chi connectivity index (χ1) is 34.2. The summed E-state index contributed by atoms with van der Waals surface area (Å²) in [4.78, 5) is 9.60. The van der Waals surface area contributed by atoms with E-state index < -0.39 is 90.5 Å². The topological polar surface area (TPSA) is 50.9 Å². The number of nitrogens with zero attached hydrogens (tertiary/aromatic N) is 3. The molecule has 0 saturated heterocycles. The van der Waals surface area contributed by atoms with Gasteiger partial charge in [-0.2, -0.15) is 0 Å². The molecule has 0 atom stereocenters. The van der Waals surface area contributed by atoms with Crippen molar-refractivity contribution < 1.29 is 48.1 Å². The van der Waals surface area contributed by atoms with Gasteiger partial charge in [-0.1, -0.05) is 164 Å². The molecule has 2 heterocycles. The zero-order chi connectivity index (χ0) is 54.6. The fourth-order valence-corrected chi connectivity index (χ4v) is 7.05. The van der Waals surface area contributed by atoms with Crippen LogP contribution in [0.25, 0.3) is 72.7 Å². The van der Waals surface area contributed by atoms with Crippen LogP contribution in [0.15, 0.2) is 146 Å². The second kappa shape index (κ2) is 15.9. The minimum absolute atomic E-state index is 0. The summed E-state index contributed by atoms with van der Waals surface area (Å²) in [6, 6.07) is 29.5. The summed E-state index contributed by atoms with van der Waals surface area (Å²) in [5, 5.41) is 11.4. The van der Waals surface area contributed by atoms with Crippen LogP contribution in [0.1, 0.15) is 101 Å². The number of hydrogen-bond donors (Lipinski definition) is 1. The second-order valence-corrected chi connectivity index (χ2v) is 16.5. The summed E-state index contributed by atoms with van der Waals surface area (Å²) in [5.41, 5.74) is -0.330. The van der Waals surface area contributed by atoms with E-state index in [0.717, 1.165) is 22.4 Å². The number of fused-ring (bicyclic) bond motifs is 1. The molecule has 6 aromatic carbocycles. The average Bonchev–Trinajstić information content (AvgIpc) is 3.70. The number of aromatic hydroxyl groups is 1. The maximum Gasteiger partial charge on any atom is 0.148 e. The Hall–Kier alpha value is -5.57. The molecule has 0 saturated carbocycles. The summed E-state index contributed by atoms with van der Waals surface area (Å²) < 4.78 is 140. The summed E-state index contributed by atoms with van der Waals surface area (Å²) in [6.45, 7) is 0.560. The van der Waals surface area contributed by atoms with Crippen LogP contribution in [-0.2, 0) is 37.3 Å². The van der Waals surface area contributed by atoms with Gasteiger partial charge in [0.2, 0.25) is 0 Å². The van der Waals surface area contributed by atoms with Gasteiger partial charge in [0, 0.05) is 51.0 Å². The molecule has 8 aromatic rings. The maximum atomic E-state index is 11.4. The van der Waals surface area contributed by atoms with E-state index in [0.29, 0.717) is 39.1 Å². The van der Waals surface area contributed by atoms with Gasteiger partial charge in [-0.15, -0.1) is 29.3 Å². The van der Waals surface area contributed by atoms with Crippen molar-refractivity contribution in [2.75, 3.05) is 0 Å². The van der Waals surface area contributed by atoms with E-state index in [1.165, 1.54) is 0 Å². The van der Waals surface area contributed by atoms with Crippen molar-refractivity contribution >= 4 is 11.0 Å². The van der Waals surface area contributed by atoms with Gasteiger partial charge in [0.1, 0.15) is 11.6 Å². The third-order valence-corrected chi connectivity index (χ3v) is 10.1. The molecular weight excluding hydrogens is 902 g/mol. The quantitative estimate of drug-likeness (QED) is 0.169. The summed E-state index contributed by atoms with van der Waals surface area (Å²) >= 11 is 0. The van der Waals surface area contributed by atoms with Gasteiger partial charge in [0.05, 0.1) is 26.2 Å². The van der Waals surface area contributed by atoms with Crippen LogP contribution in [0.5, 0.6) is 5.75 Å². The number of hydrogen-bond acceptors (Lipinski definition) is 3. The van der Waals surface area contributed by atoms with Gasteiger partial charge in [-0.05, 0) is 86.0 Å². The van der Waals surface area contributed by atoms with Crippen molar-refractivity contribution in [2.24, 2.45) is 0 Å². The molecule has 1 N–H and O–H groups in total. The van der Waals surface area contributed by atoms with Gasteiger partial charge in [-0.3, -0.25) is 9.55 Å². The fraction of sp³-hybridized carbons (Fsp3) is 0.222. The van der Waals surface area contributed by atoms with E-state index in [4.69, 9.17) is 25.5 Å². The Labute approximate surface area is 386 Å². The van der Waals surface area contributed by atoms with Crippen molar-refractivity contribution in [1.82, 2.24) is 14.5 Å². The first kappa shape index (κ1) is 25.8. The first-order valence-corrected chi connectivity index (χ1v) is 18.9. The molecule has 300 valence electrons. The number of benzene rings is 6. The molecule has 4 nitrogen and oxygen atoms in total. The normalized spacial score (nSPS) is 16.6. The summed E-state index contributed by atoms with van der Waals surface area (Å²) in [6.07, 6.45) is -0.745. The van der Waals surface area contributed by atoms with Crippen molar-refractivity contribution in [1.29, 1.82) is 0 Å². The van der Waals surface area contributed by atoms with Crippen molar-refractivity contribution in [3.63, 3.8) is 0 Å². The summed E-state index contributed by atoms with van der Waals surface area (Å²) in [7, 11) is 0. The van der Waals surface area contributed by atoms with E-state index in [9.17, 15) is 6.48 Å². The van der Waals surface area contributed by atoms with E-state index in [1.54, 1.807) is 24.3 Å². The maximum absolute atomic E-state index is 11.4. The average molecular weight is 970 g/mol. The van der Waals surface area contributed by atoms with Crippen LogP contribution < -0.4 is 0 Å². The Morgan fingerprint density at radius 3 is 2.02 bits per heavy atom. The molecule has 0 fully saturated rings. The van der Waals surface area contributed by atoms with E-state index in [1.807, 2.05) is 79.9 Å². The Morgan fingerprint density at radius 2 is 1.32 bits per heavy atom. The monoisotopic (exact) mass is 969 g/mol. The molecule has 0 radical (unpaired) electrons. The van der Waals surface area contributed by atoms with Crippen LogP contribution in [-0.4, -0.2) is 19.6 Å². The first-order valence-electron chi connectivity index (χ1n) is 26.9. The summed E-state index contributed by atoms with van der Waals surface area (Å²) in [5.74, 6) is 0.442. The van der Waals surface area contributed by atoms with Crippen LogP contribution in [0, 0.1) is 6.07 Å². The van der Waals surface area contributed by atoms with Crippen molar-refractivity contribution in [3.05, 3.63) is 168 Å². The molecule has 5 heteroatoms. The minimum Gasteiger partial charge on any atom is -0.507 e. The molecule has 0 amide bonds. The Bertz CT molecular complexity index is 3470. The zero-order valence-corrected chi connectivity index (χ0v) is 35.7. The molecule has 8 rings (SSSR count). The van der Waals surface area contributed by atoms with Crippen LogP contribution >= 0.6 is 0 Å². The molecular formula is C54H52N3OPt-. The SMILES string of the molecule is [2H]c1nc(-c2[c-]c(-c3cccc4c3nc(-c3ccccc3O)n4-c3ccc(-c4ccccc4)c(C(C)(C)C)c3)cc(C(C)(C)C)c2)c([2H])c(-c2c([2H])c([2H])c(C(C([2H])([2H])[2H])(C([2H])([2H])[2H])C([2H])([2H])[2H])c([2H])c2[2H])c1[2H].[Pt]. The number of para-hydroxylation sites is 2. The van der Waals surface area contributed by atoms with Gasteiger partial charge in [-0.25, -0.2) is 4.98 Å². The molecule has 0 aliphatic heterocycles. The Balaban J connectivity index is 0.00000820. The standard InChI is InChI=1S/C54H52N3O.Pt/c1-52(2,3)40-24-22-35(23-25-40)37-28-29-55-47(33-37)39-30-38(31-41(32-39)53(4,5)6)44-19-15-20-48-50(44)56-51(45-18-13-14-21-49(45)58)57(48)42-26-27-43(36-16-11-10-12-17-36)46(34-42)54(7,8)9;/h10-29,31-34,58H,1-9H3;/q-1;/i1D3,2D3,3D3,22D,23D,24D,25D,28D,29D,33D;. The van der Waals surface area contributed by atoms with E-state index in [2.05, 4.69) is 56.1 Å². The number of imidazole rings is 1. The molecule has 59 heavy (non-hydrogen) atoms. The predicted octanol–water partition coefficient (Wildman–Crippen LogP) is 14.2. The van der Waals surface area contributed by atoms with Gasteiger partial charge in [0.25, 0.3) is 0 Å². The Morgan fingerprint density at radius 1 is 0.627 bits per heavy atom. The third-order valence-electron chi connectivity index (χ3n) is 10.1. The van der Waals surface area contributed by atoms with Crippen LogP contribution in [0.3, 0.4) is 0 Å². The molecule has 0 unspecified atom stereocenters. The van der Waals surface area contributed by atoms with Crippen molar-refractivity contribution in [3.8, 4) is 67.5 Å². The second-order valence-electron chi connectivity index (χ2n) is 16.5.